The van der Waals surface area contributed by atoms with Gasteiger partial charge in [0, 0.05) is 0 Å². The number of oxime groups is 1. The first-order chi connectivity index (χ1) is 9.29. The van der Waals surface area contributed by atoms with Crippen LogP contribution in [0.1, 0.15) is 17.5 Å². The van der Waals surface area contributed by atoms with Crippen LogP contribution in [0.4, 0.5) is 13.2 Å². The smallest absolute Gasteiger partial charge is 0.349 e. The van der Waals surface area contributed by atoms with E-state index in [4.69, 9.17) is 5.73 Å². The molecule has 1 aliphatic rings. The van der Waals surface area contributed by atoms with Crippen molar-refractivity contribution in [1.82, 2.24) is 0 Å². The Kier molecular flexibility index (Phi) is 3.75. The molecule has 0 fully saturated rings. The van der Waals surface area contributed by atoms with E-state index in [1.807, 2.05) is 6.92 Å². The third-order valence-corrected chi connectivity index (χ3v) is 3.29. The van der Waals surface area contributed by atoms with Crippen LogP contribution in [-0.4, -0.2) is 29.3 Å². The predicted octanol–water partition coefficient (Wildman–Crippen LogP) is 1.95. The molecule has 0 amide bonds. The van der Waals surface area contributed by atoms with Crippen LogP contribution in [0.15, 0.2) is 29.4 Å². The minimum absolute atomic E-state index is 0.0166. The molecular formula is C13H15F3N2O2. The third-order valence-electron chi connectivity index (χ3n) is 3.29. The highest BCUT2D eigenvalue weighted by atomic mass is 19.4. The van der Waals surface area contributed by atoms with Crippen LogP contribution in [0.2, 0.25) is 0 Å². The fraction of sp³-hybridized carbons (Fsp3) is 0.462. The zero-order valence-electron chi connectivity index (χ0n) is 10.8. The summed E-state index contributed by atoms with van der Waals surface area (Å²) in [5, 5.41) is 13.2. The van der Waals surface area contributed by atoms with Gasteiger partial charge in [-0.05, 0) is 25.5 Å². The molecule has 0 saturated heterocycles. The summed E-state index contributed by atoms with van der Waals surface area (Å²) in [5.41, 5.74) is 6.86. The molecule has 0 bridgehead atoms. The Hall–Kier alpha value is -1.60. The number of hydrogen-bond acceptors (Lipinski definition) is 4. The van der Waals surface area contributed by atoms with E-state index in [9.17, 15) is 18.3 Å². The first kappa shape index (κ1) is 14.8. The molecule has 0 spiro atoms. The molecule has 0 aromatic heterocycles. The fourth-order valence-corrected chi connectivity index (χ4v) is 2.16. The van der Waals surface area contributed by atoms with Gasteiger partial charge in [-0.1, -0.05) is 35.0 Å². The van der Waals surface area contributed by atoms with Gasteiger partial charge < -0.3 is 15.7 Å². The zero-order chi connectivity index (χ0) is 15.0. The second-order valence-electron chi connectivity index (χ2n) is 4.76. The summed E-state index contributed by atoms with van der Waals surface area (Å²) in [6.07, 6.45) is -5.02. The highest BCUT2D eigenvalue weighted by Crippen LogP contribution is 2.44. The van der Waals surface area contributed by atoms with E-state index in [2.05, 4.69) is 9.99 Å². The number of rotatable bonds is 3. The van der Waals surface area contributed by atoms with Crippen molar-refractivity contribution < 1.29 is 23.1 Å². The van der Waals surface area contributed by atoms with Gasteiger partial charge in [-0.3, -0.25) is 0 Å². The van der Waals surface area contributed by atoms with E-state index in [1.165, 1.54) is 0 Å². The number of halogens is 3. The van der Waals surface area contributed by atoms with Crippen LogP contribution in [0.5, 0.6) is 0 Å². The van der Waals surface area contributed by atoms with Gasteiger partial charge >= 0.3 is 12.0 Å². The highest BCUT2D eigenvalue weighted by molar-refractivity contribution is 6.03. The predicted molar refractivity (Wildman–Crippen MR) is 67.0 cm³/mol. The number of aliphatic hydroxyl groups is 1. The van der Waals surface area contributed by atoms with Crippen LogP contribution in [-0.2, 0) is 4.84 Å². The summed E-state index contributed by atoms with van der Waals surface area (Å²) in [5.74, 6) is -4.65. The lowest BCUT2D eigenvalue weighted by molar-refractivity contribution is -0.370. The van der Waals surface area contributed by atoms with Crippen LogP contribution >= 0.6 is 0 Å². The minimum atomic E-state index is -4.94. The molecule has 2 rings (SSSR count). The number of hydrogen-bond donors (Lipinski definition) is 2. The molecule has 0 unspecified atom stereocenters. The number of benzene rings is 1. The maximum Gasteiger partial charge on any atom is 0.458 e. The van der Waals surface area contributed by atoms with E-state index in [-0.39, 0.29) is 18.7 Å². The molecule has 110 valence electrons. The average Bonchev–Trinajstić information content (AvgIpc) is 2.70. The quantitative estimate of drug-likeness (QED) is 0.893. The molecule has 1 aromatic rings. The van der Waals surface area contributed by atoms with Crippen molar-refractivity contribution in [3.8, 4) is 0 Å². The molecule has 1 aliphatic heterocycles. The molecule has 3 N–H and O–H groups in total. The molecule has 20 heavy (non-hydrogen) atoms. The van der Waals surface area contributed by atoms with E-state index in [1.54, 1.807) is 24.3 Å². The van der Waals surface area contributed by atoms with Crippen molar-refractivity contribution in [2.75, 3.05) is 6.54 Å². The third kappa shape index (κ3) is 2.38. The van der Waals surface area contributed by atoms with Gasteiger partial charge in [0.15, 0.2) is 0 Å². The van der Waals surface area contributed by atoms with Gasteiger partial charge in [-0.15, -0.1) is 0 Å². The van der Waals surface area contributed by atoms with E-state index in [0.29, 0.717) is 5.56 Å². The summed E-state index contributed by atoms with van der Waals surface area (Å²) >= 11 is 0. The molecule has 4 nitrogen and oxygen atoms in total. The number of nitrogens with two attached hydrogens (primary N) is 1. The van der Waals surface area contributed by atoms with Crippen LogP contribution in [0.3, 0.4) is 0 Å². The second kappa shape index (κ2) is 5.06. The van der Waals surface area contributed by atoms with Gasteiger partial charge in [0.25, 0.3) is 0 Å². The first-order valence-corrected chi connectivity index (χ1v) is 6.12. The summed E-state index contributed by atoms with van der Waals surface area (Å²) in [6.45, 7) is 1.84. The Labute approximate surface area is 114 Å². The standard InChI is InChI=1S/C13H15F3N2O2/c1-8-2-4-9(5-3-8)11-10(6-7-17)12(19,20-18-11)13(14,15)16/h2-5,10,19H,6-7,17H2,1H3/t10-,12+/m0/s1. The largest absolute Gasteiger partial charge is 0.458 e. The molecule has 0 saturated carbocycles. The van der Waals surface area contributed by atoms with Crippen molar-refractivity contribution in [2.45, 2.75) is 25.3 Å². The Morgan fingerprint density at radius 3 is 2.45 bits per heavy atom. The molecule has 1 aromatic carbocycles. The summed E-state index contributed by atoms with van der Waals surface area (Å²) in [4.78, 5) is 4.33. The van der Waals surface area contributed by atoms with E-state index in [0.717, 1.165) is 5.56 Å². The topological polar surface area (TPSA) is 67.8 Å². The van der Waals surface area contributed by atoms with Gasteiger partial charge in [0.1, 0.15) is 0 Å². The van der Waals surface area contributed by atoms with Crippen molar-refractivity contribution in [3.05, 3.63) is 35.4 Å². The lowest BCUT2D eigenvalue weighted by Gasteiger charge is -2.29. The van der Waals surface area contributed by atoms with Gasteiger partial charge in [0.05, 0.1) is 11.6 Å². The zero-order valence-corrected chi connectivity index (χ0v) is 10.8. The number of nitrogens with zero attached hydrogens (tertiary/aromatic N) is 1. The lowest BCUT2D eigenvalue weighted by atomic mass is 9.86. The van der Waals surface area contributed by atoms with Crippen molar-refractivity contribution in [1.29, 1.82) is 0 Å². The maximum absolute atomic E-state index is 13.0. The lowest BCUT2D eigenvalue weighted by Crippen LogP contribution is -2.52. The van der Waals surface area contributed by atoms with E-state index >= 15 is 0 Å². The summed E-state index contributed by atoms with van der Waals surface area (Å²) in [6, 6.07) is 6.79. The monoisotopic (exact) mass is 288 g/mol. The van der Waals surface area contributed by atoms with Crippen molar-refractivity contribution in [2.24, 2.45) is 16.8 Å². The van der Waals surface area contributed by atoms with Gasteiger partial charge in [-0.25, -0.2) is 0 Å². The highest BCUT2D eigenvalue weighted by Gasteiger charge is 2.66. The molecule has 7 heteroatoms. The maximum atomic E-state index is 13.0. The molecular weight excluding hydrogens is 273 g/mol. The Morgan fingerprint density at radius 1 is 1.35 bits per heavy atom. The number of alkyl halides is 3. The van der Waals surface area contributed by atoms with Crippen LogP contribution in [0.25, 0.3) is 0 Å². The number of aryl methyl sites for hydroxylation is 1. The normalized spacial score (nSPS) is 26.3. The first-order valence-electron chi connectivity index (χ1n) is 6.12. The molecule has 1 heterocycles. The minimum Gasteiger partial charge on any atom is -0.349 e. The Morgan fingerprint density at radius 2 is 1.95 bits per heavy atom. The van der Waals surface area contributed by atoms with Crippen LogP contribution in [0, 0.1) is 12.8 Å². The van der Waals surface area contributed by atoms with E-state index < -0.39 is 17.9 Å². The summed E-state index contributed by atoms with van der Waals surface area (Å²) in [7, 11) is 0. The summed E-state index contributed by atoms with van der Waals surface area (Å²) < 4.78 is 38.9. The SMILES string of the molecule is Cc1ccc(C2=NO[C@@](O)(C(F)(F)F)[C@H]2CCN)cc1. The fourth-order valence-electron chi connectivity index (χ4n) is 2.16. The van der Waals surface area contributed by atoms with Gasteiger partial charge in [-0.2, -0.15) is 13.2 Å². The molecule has 2 atom stereocenters. The Bertz CT molecular complexity index is 513. The van der Waals surface area contributed by atoms with Crippen molar-refractivity contribution in [3.63, 3.8) is 0 Å². The molecule has 0 aliphatic carbocycles. The average molecular weight is 288 g/mol. The molecule has 0 radical (unpaired) electrons. The van der Waals surface area contributed by atoms with Gasteiger partial charge in [0.2, 0.25) is 0 Å². The van der Waals surface area contributed by atoms with Crippen LogP contribution < -0.4 is 5.73 Å². The second-order valence-corrected chi connectivity index (χ2v) is 4.76. The Balaban J connectivity index is 2.37. The van der Waals surface area contributed by atoms with Crippen molar-refractivity contribution >= 4 is 5.71 Å².